The molecular formula is C20H24N2O. The summed E-state index contributed by atoms with van der Waals surface area (Å²) in [5, 5.41) is 6.54. The highest BCUT2D eigenvalue weighted by atomic mass is 16.1. The zero-order chi connectivity index (χ0) is 16.2. The predicted molar refractivity (Wildman–Crippen MR) is 94.5 cm³/mol. The molecule has 1 aliphatic carbocycles. The van der Waals surface area contributed by atoms with Crippen molar-refractivity contribution in [2.45, 2.75) is 44.7 Å². The molecule has 1 fully saturated rings. The standard InChI is InChI=1S/C20H24N2O/c1-14(17-9-6-10-19(11-17)22-15(2)23)21-20-12-18(13-20)16-7-4-3-5-8-16/h3-11,14,18,20-21H,12-13H2,1-2H3,(H,22,23). The number of hydrogen-bond donors (Lipinski definition) is 2. The number of amides is 1. The lowest BCUT2D eigenvalue weighted by molar-refractivity contribution is -0.114. The van der Waals surface area contributed by atoms with E-state index in [0.29, 0.717) is 12.0 Å². The van der Waals surface area contributed by atoms with E-state index in [1.807, 2.05) is 18.2 Å². The van der Waals surface area contributed by atoms with Gasteiger partial charge in [-0.2, -0.15) is 0 Å². The van der Waals surface area contributed by atoms with Crippen molar-refractivity contribution in [1.29, 1.82) is 0 Å². The third-order valence-electron chi connectivity index (χ3n) is 4.60. The van der Waals surface area contributed by atoms with Crippen LogP contribution in [0.3, 0.4) is 0 Å². The van der Waals surface area contributed by atoms with Gasteiger partial charge >= 0.3 is 0 Å². The van der Waals surface area contributed by atoms with Crippen LogP contribution in [-0.2, 0) is 4.79 Å². The summed E-state index contributed by atoms with van der Waals surface area (Å²) in [5.74, 6) is 0.652. The van der Waals surface area contributed by atoms with Gasteiger partial charge in [0.15, 0.2) is 0 Å². The Morgan fingerprint density at radius 3 is 2.52 bits per heavy atom. The Bertz CT molecular complexity index is 662. The first kappa shape index (κ1) is 15.8. The third-order valence-corrected chi connectivity index (χ3v) is 4.60. The predicted octanol–water partition coefficient (Wildman–Crippen LogP) is 4.24. The van der Waals surface area contributed by atoms with Crippen LogP contribution >= 0.6 is 0 Å². The summed E-state index contributed by atoms with van der Waals surface area (Å²) in [4.78, 5) is 11.2. The SMILES string of the molecule is CC(=O)Nc1cccc(C(C)NC2CC(c3ccccc3)C2)c1. The number of carbonyl (C=O) groups is 1. The molecule has 3 rings (SSSR count). The molecule has 1 saturated carbocycles. The Hall–Kier alpha value is -2.13. The van der Waals surface area contributed by atoms with Gasteiger partial charge in [0, 0.05) is 24.7 Å². The van der Waals surface area contributed by atoms with Gasteiger partial charge in [0.05, 0.1) is 0 Å². The summed E-state index contributed by atoms with van der Waals surface area (Å²) < 4.78 is 0. The monoisotopic (exact) mass is 308 g/mol. The summed E-state index contributed by atoms with van der Waals surface area (Å²) in [6.07, 6.45) is 2.39. The molecule has 0 aromatic heterocycles. The minimum absolute atomic E-state index is 0.0348. The van der Waals surface area contributed by atoms with E-state index in [4.69, 9.17) is 0 Å². The molecule has 1 atom stereocenters. The van der Waals surface area contributed by atoms with Crippen LogP contribution in [0.4, 0.5) is 5.69 Å². The maximum atomic E-state index is 11.2. The average Bonchev–Trinajstić information content (AvgIpc) is 2.50. The first-order chi connectivity index (χ1) is 11.1. The number of anilines is 1. The summed E-state index contributed by atoms with van der Waals surface area (Å²) in [5.41, 5.74) is 3.52. The molecule has 2 aromatic carbocycles. The van der Waals surface area contributed by atoms with Gasteiger partial charge in [-0.3, -0.25) is 4.79 Å². The normalized spacial score (nSPS) is 21.3. The fourth-order valence-electron chi connectivity index (χ4n) is 3.29. The van der Waals surface area contributed by atoms with Crippen molar-refractivity contribution < 1.29 is 4.79 Å². The number of rotatable bonds is 5. The molecule has 0 spiro atoms. The van der Waals surface area contributed by atoms with Crippen molar-refractivity contribution >= 4 is 11.6 Å². The van der Waals surface area contributed by atoms with Crippen molar-refractivity contribution in [3.8, 4) is 0 Å². The van der Waals surface area contributed by atoms with Gasteiger partial charge in [-0.1, -0.05) is 42.5 Å². The molecule has 120 valence electrons. The minimum Gasteiger partial charge on any atom is -0.326 e. The summed E-state index contributed by atoms with van der Waals surface area (Å²) in [6.45, 7) is 3.72. The third kappa shape index (κ3) is 3.99. The zero-order valence-electron chi connectivity index (χ0n) is 13.8. The molecule has 3 nitrogen and oxygen atoms in total. The fraction of sp³-hybridized carbons (Fsp3) is 0.350. The smallest absolute Gasteiger partial charge is 0.221 e. The number of carbonyl (C=O) groups excluding carboxylic acids is 1. The van der Waals surface area contributed by atoms with Crippen molar-refractivity contribution in [1.82, 2.24) is 5.32 Å². The Balaban J connectivity index is 1.54. The highest BCUT2D eigenvalue weighted by molar-refractivity contribution is 5.88. The van der Waals surface area contributed by atoms with Gasteiger partial charge < -0.3 is 10.6 Å². The highest BCUT2D eigenvalue weighted by Gasteiger charge is 2.30. The first-order valence-corrected chi connectivity index (χ1v) is 8.30. The van der Waals surface area contributed by atoms with Gasteiger partial charge in [0.1, 0.15) is 0 Å². The van der Waals surface area contributed by atoms with E-state index in [-0.39, 0.29) is 11.9 Å². The molecule has 0 bridgehead atoms. The summed E-state index contributed by atoms with van der Waals surface area (Å²) in [7, 11) is 0. The van der Waals surface area contributed by atoms with Crippen molar-refractivity contribution in [2.75, 3.05) is 5.32 Å². The van der Waals surface area contributed by atoms with Crippen molar-refractivity contribution in [2.24, 2.45) is 0 Å². The molecule has 1 amide bonds. The molecular weight excluding hydrogens is 284 g/mol. The Labute approximate surface area is 138 Å². The molecule has 1 unspecified atom stereocenters. The molecule has 1 aliphatic rings. The van der Waals surface area contributed by atoms with E-state index in [2.05, 4.69) is 54.0 Å². The maximum Gasteiger partial charge on any atom is 0.221 e. The lowest BCUT2D eigenvalue weighted by Gasteiger charge is -2.38. The van der Waals surface area contributed by atoms with E-state index < -0.39 is 0 Å². The van der Waals surface area contributed by atoms with Gasteiger partial charge in [0.2, 0.25) is 5.91 Å². The molecule has 23 heavy (non-hydrogen) atoms. The Kier molecular flexibility index (Phi) is 4.77. The van der Waals surface area contributed by atoms with Crippen LogP contribution in [0.15, 0.2) is 54.6 Å². The van der Waals surface area contributed by atoms with E-state index in [1.54, 1.807) is 0 Å². The van der Waals surface area contributed by atoms with Crippen molar-refractivity contribution in [3.63, 3.8) is 0 Å². The molecule has 3 heteroatoms. The molecule has 2 N–H and O–H groups in total. The molecule has 0 radical (unpaired) electrons. The number of hydrogen-bond acceptors (Lipinski definition) is 2. The topological polar surface area (TPSA) is 41.1 Å². The second kappa shape index (κ2) is 6.97. The maximum absolute atomic E-state index is 11.2. The zero-order valence-corrected chi connectivity index (χ0v) is 13.8. The van der Waals surface area contributed by atoms with Crippen LogP contribution in [0.1, 0.15) is 49.8 Å². The number of benzene rings is 2. The fourth-order valence-corrected chi connectivity index (χ4v) is 3.29. The molecule has 2 aromatic rings. The van der Waals surface area contributed by atoms with Crippen LogP contribution in [0.2, 0.25) is 0 Å². The quantitative estimate of drug-likeness (QED) is 0.867. The summed E-state index contributed by atoms with van der Waals surface area (Å²) >= 11 is 0. The average molecular weight is 308 g/mol. The van der Waals surface area contributed by atoms with Crippen LogP contribution in [-0.4, -0.2) is 11.9 Å². The second-order valence-electron chi connectivity index (χ2n) is 6.47. The lowest BCUT2D eigenvalue weighted by Crippen LogP contribution is -2.41. The second-order valence-corrected chi connectivity index (χ2v) is 6.47. The van der Waals surface area contributed by atoms with E-state index in [0.717, 1.165) is 5.69 Å². The molecule has 0 heterocycles. The minimum atomic E-state index is -0.0348. The Morgan fingerprint density at radius 1 is 1.09 bits per heavy atom. The van der Waals surface area contributed by atoms with Gasteiger partial charge in [-0.05, 0) is 48.9 Å². The van der Waals surface area contributed by atoms with Gasteiger partial charge in [0.25, 0.3) is 0 Å². The highest BCUT2D eigenvalue weighted by Crippen LogP contribution is 2.37. The van der Waals surface area contributed by atoms with Gasteiger partial charge in [-0.15, -0.1) is 0 Å². The van der Waals surface area contributed by atoms with E-state index in [1.165, 1.54) is 30.9 Å². The van der Waals surface area contributed by atoms with Gasteiger partial charge in [-0.25, -0.2) is 0 Å². The summed E-state index contributed by atoms with van der Waals surface area (Å²) in [6, 6.07) is 19.7. The van der Waals surface area contributed by atoms with Crippen LogP contribution in [0, 0.1) is 0 Å². The van der Waals surface area contributed by atoms with E-state index in [9.17, 15) is 4.79 Å². The van der Waals surface area contributed by atoms with Crippen LogP contribution < -0.4 is 10.6 Å². The van der Waals surface area contributed by atoms with Crippen molar-refractivity contribution in [3.05, 3.63) is 65.7 Å². The van der Waals surface area contributed by atoms with Crippen LogP contribution in [0.25, 0.3) is 0 Å². The lowest BCUT2D eigenvalue weighted by atomic mass is 9.75. The largest absolute Gasteiger partial charge is 0.326 e. The molecule has 0 saturated heterocycles. The van der Waals surface area contributed by atoms with Crippen LogP contribution in [0.5, 0.6) is 0 Å². The molecule has 0 aliphatic heterocycles. The first-order valence-electron chi connectivity index (χ1n) is 8.30. The Morgan fingerprint density at radius 2 is 1.83 bits per heavy atom. The van der Waals surface area contributed by atoms with E-state index >= 15 is 0 Å². The number of nitrogens with one attached hydrogen (secondary N) is 2.